The molecule has 7 nitrogen and oxygen atoms in total. The van der Waals surface area contributed by atoms with Crippen molar-refractivity contribution in [1.82, 2.24) is 10.2 Å². The lowest BCUT2D eigenvalue weighted by Gasteiger charge is -2.16. The first-order valence-corrected chi connectivity index (χ1v) is 9.17. The fourth-order valence-electron chi connectivity index (χ4n) is 2.73. The van der Waals surface area contributed by atoms with Gasteiger partial charge in [-0.2, -0.15) is 0 Å². The van der Waals surface area contributed by atoms with Crippen LogP contribution >= 0.6 is 11.3 Å². The highest BCUT2D eigenvalue weighted by atomic mass is 32.1. The van der Waals surface area contributed by atoms with Gasteiger partial charge in [0, 0.05) is 24.6 Å². The van der Waals surface area contributed by atoms with E-state index in [0.29, 0.717) is 23.2 Å². The number of hydrogen-bond acceptors (Lipinski definition) is 6. The molecule has 1 aliphatic carbocycles. The fourth-order valence-corrected chi connectivity index (χ4v) is 3.66. The predicted octanol–water partition coefficient (Wildman–Crippen LogP) is 2.56. The molecule has 0 unspecified atom stereocenters. The number of anilines is 2. The van der Waals surface area contributed by atoms with Gasteiger partial charge in [-0.25, -0.2) is 0 Å². The number of ether oxygens (including phenoxy) is 1. The lowest BCUT2D eigenvalue weighted by Crippen LogP contribution is -2.23. The molecule has 1 saturated carbocycles. The molecular weight excluding hydrogens is 340 g/mol. The van der Waals surface area contributed by atoms with Crippen molar-refractivity contribution in [2.24, 2.45) is 0 Å². The van der Waals surface area contributed by atoms with E-state index in [-0.39, 0.29) is 18.4 Å². The van der Waals surface area contributed by atoms with Crippen molar-refractivity contribution in [3.05, 3.63) is 29.3 Å². The maximum atomic E-state index is 11.9. The summed E-state index contributed by atoms with van der Waals surface area (Å²) in [5, 5.41) is 12.3. The number of carbonyl (C=O) groups is 2. The van der Waals surface area contributed by atoms with Crippen molar-refractivity contribution >= 4 is 34.0 Å². The van der Waals surface area contributed by atoms with Crippen LogP contribution in [0.1, 0.15) is 36.6 Å². The molecule has 25 heavy (non-hydrogen) atoms. The Hall–Kier alpha value is -2.48. The van der Waals surface area contributed by atoms with E-state index >= 15 is 0 Å². The van der Waals surface area contributed by atoms with Gasteiger partial charge in [-0.3, -0.25) is 14.9 Å². The molecule has 0 radical (unpaired) electrons. The number of nitrogens with one attached hydrogen (secondary N) is 1. The molecule has 1 saturated heterocycles. The first kappa shape index (κ1) is 16.0. The van der Waals surface area contributed by atoms with Crippen LogP contribution in [0.3, 0.4) is 0 Å². The molecule has 2 aromatic rings. The van der Waals surface area contributed by atoms with Crippen molar-refractivity contribution in [2.75, 3.05) is 23.4 Å². The van der Waals surface area contributed by atoms with Gasteiger partial charge in [0.1, 0.15) is 10.8 Å². The van der Waals surface area contributed by atoms with Crippen molar-refractivity contribution in [1.29, 1.82) is 0 Å². The van der Waals surface area contributed by atoms with Gasteiger partial charge in [0.2, 0.25) is 11.0 Å². The monoisotopic (exact) mass is 358 g/mol. The molecule has 2 aliphatic rings. The Morgan fingerprint density at radius 3 is 2.76 bits per heavy atom. The van der Waals surface area contributed by atoms with Crippen molar-refractivity contribution < 1.29 is 14.3 Å². The minimum atomic E-state index is -0.266. The van der Waals surface area contributed by atoms with E-state index in [1.807, 2.05) is 12.1 Å². The van der Waals surface area contributed by atoms with Crippen LogP contribution < -0.4 is 15.0 Å². The molecule has 2 fully saturated rings. The fraction of sp³-hybridized carbons (Fsp3) is 0.412. The number of hydrogen-bond donors (Lipinski definition) is 1. The zero-order valence-corrected chi connectivity index (χ0v) is 14.4. The Kier molecular flexibility index (Phi) is 4.35. The highest BCUT2D eigenvalue weighted by Gasteiger charge is 2.27. The molecular formula is C17H18N4O3S. The van der Waals surface area contributed by atoms with Gasteiger partial charge in [0.05, 0.1) is 0 Å². The molecule has 0 spiro atoms. The maximum absolute atomic E-state index is 11.9. The molecule has 4 rings (SSSR count). The van der Waals surface area contributed by atoms with Crippen LogP contribution in [0.4, 0.5) is 10.8 Å². The van der Waals surface area contributed by atoms with Gasteiger partial charge in [0.25, 0.3) is 5.91 Å². The SMILES string of the molecule is O=C(COc1ccc(N2CCCC2=O)cc1)Nc1nnc(C2CC2)s1. The van der Waals surface area contributed by atoms with E-state index in [0.717, 1.165) is 36.5 Å². The van der Waals surface area contributed by atoms with Crippen molar-refractivity contribution in [3.63, 3.8) is 0 Å². The zero-order valence-electron chi connectivity index (χ0n) is 13.6. The topological polar surface area (TPSA) is 84.4 Å². The standard InChI is InChI=1S/C17H18N4O3S/c22-14(18-17-20-19-16(25-17)11-3-4-11)10-24-13-7-5-12(6-8-13)21-9-1-2-15(21)23/h5-8,11H,1-4,9-10H2,(H,18,20,22). The van der Waals surface area contributed by atoms with Gasteiger partial charge in [-0.1, -0.05) is 11.3 Å². The predicted molar refractivity (Wildman–Crippen MR) is 94.0 cm³/mol. The van der Waals surface area contributed by atoms with E-state index < -0.39 is 0 Å². The minimum Gasteiger partial charge on any atom is -0.484 e. The lowest BCUT2D eigenvalue weighted by atomic mass is 10.3. The average molecular weight is 358 g/mol. The van der Waals surface area contributed by atoms with Gasteiger partial charge in [0.15, 0.2) is 6.61 Å². The van der Waals surface area contributed by atoms with Crippen molar-refractivity contribution in [3.8, 4) is 5.75 Å². The number of amides is 2. The summed E-state index contributed by atoms with van der Waals surface area (Å²) in [6.45, 7) is 0.659. The van der Waals surface area contributed by atoms with Gasteiger partial charge >= 0.3 is 0 Å². The molecule has 1 N–H and O–H groups in total. The first-order valence-electron chi connectivity index (χ1n) is 8.35. The summed E-state index contributed by atoms with van der Waals surface area (Å²) >= 11 is 1.42. The average Bonchev–Trinajstić information content (AvgIpc) is 3.22. The summed E-state index contributed by atoms with van der Waals surface area (Å²) in [6.07, 6.45) is 3.81. The van der Waals surface area contributed by atoms with Crippen LogP contribution in [0.2, 0.25) is 0 Å². The normalized spacial score (nSPS) is 17.0. The van der Waals surface area contributed by atoms with E-state index in [4.69, 9.17) is 4.74 Å². The van der Waals surface area contributed by atoms with Crippen LogP contribution in [0.25, 0.3) is 0 Å². The van der Waals surface area contributed by atoms with E-state index in [2.05, 4.69) is 15.5 Å². The van der Waals surface area contributed by atoms with E-state index in [9.17, 15) is 9.59 Å². The molecule has 1 aliphatic heterocycles. The van der Waals surface area contributed by atoms with E-state index in [1.54, 1.807) is 17.0 Å². The quantitative estimate of drug-likeness (QED) is 0.858. The number of carbonyl (C=O) groups excluding carboxylic acids is 2. The Labute approximate surface area is 149 Å². The second kappa shape index (κ2) is 6.79. The zero-order chi connectivity index (χ0) is 17.2. The molecule has 0 bridgehead atoms. The Morgan fingerprint density at radius 1 is 1.28 bits per heavy atom. The number of rotatable bonds is 6. The first-order chi connectivity index (χ1) is 12.2. The van der Waals surface area contributed by atoms with Crippen LogP contribution in [0.15, 0.2) is 24.3 Å². The smallest absolute Gasteiger partial charge is 0.264 e. The van der Waals surface area contributed by atoms with Crippen LogP contribution in [0, 0.1) is 0 Å². The third-order valence-electron chi connectivity index (χ3n) is 4.21. The molecule has 2 amide bonds. The largest absolute Gasteiger partial charge is 0.484 e. The summed E-state index contributed by atoms with van der Waals surface area (Å²) in [5.41, 5.74) is 0.862. The lowest BCUT2D eigenvalue weighted by molar-refractivity contribution is -0.118. The molecule has 0 atom stereocenters. The summed E-state index contributed by atoms with van der Waals surface area (Å²) in [4.78, 5) is 25.4. The Balaban J connectivity index is 1.28. The minimum absolute atomic E-state index is 0.0969. The summed E-state index contributed by atoms with van der Waals surface area (Å²) < 4.78 is 5.49. The van der Waals surface area contributed by atoms with Crippen LogP contribution in [-0.4, -0.2) is 35.2 Å². The molecule has 2 heterocycles. The summed E-state index contributed by atoms with van der Waals surface area (Å²) in [5.74, 6) is 0.995. The molecule has 130 valence electrons. The van der Waals surface area contributed by atoms with Crippen LogP contribution in [0.5, 0.6) is 5.75 Å². The summed E-state index contributed by atoms with van der Waals surface area (Å²) in [6, 6.07) is 7.21. The molecule has 8 heteroatoms. The highest BCUT2D eigenvalue weighted by molar-refractivity contribution is 7.15. The third kappa shape index (κ3) is 3.79. The van der Waals surface area contributed by atoms with Gasteiger partial charge in [-0.15, -0.1) is 10.2 Å². The third-order valence-corrected chi connectivity index (χ3v) is 5.21. The number of benzene rings is 1. The van der Waals surface area contributed by atoms with Crippen molar-refractivity contribution in [2.45, 2.75) is 31.6 Å². The summed E-state index contributed by atoms with van der Waals surface area (Å²) in [7, 11) is 0. The molecule has 1 aromatic heterocycles. The number of nitrogens with zero attached hydrogens (tertiary/aromatic N) is 3. The van der Waals surface area contributed by atoms with Gasteiger partial charge < -0.3 is 9.64 Å². The Morgan fingerprint density at radius 2 is 2.08 bits per heavy atom. The Bertz CT molecular complexity index is 785. The highest BCUT2D eigenvalue weighted by Crippen LogP contribution is 2.42. The van der Waals surface area contributed by atoms with E-state index in [1.165, 1.54) is 11.3 Å². The second-order valence-electron chi connectivity index (χ2n) is 6.20. The van der Waals surface area contributed by atoms with Crippen LogP contribution in [-0.2, 0) is 9.59 Å². The number of aromatic nitrogens is 2. The second-order valence-corrected chi connectivity index (χ2v) is 7.21. The maximum Gasteiger partial charge on any atom is 0.264 e. The van der Waals surface area contributed by atoms with Gasteiger partial charge in [-0.05, 0) is 43.5 Å². The molecule has 1 aromatic carbocycles.